The molecule has 0 aliphatic rings. The van der Waals surface area contributed by atoms with E-state index in [1.807, 2.05) is 19.2 Å². The summed E-state index contributed by atoms with van der Waals surface area (Å²) in [4.78, 5) is 7.08. The van der Waals surface area contributed by atoms with Gasteiger partial charge in [-0.2, -0.15) is 0 Å². The van der Waals surface area contributed by atoms with Crippen molar-refractivity contribution in [2.75, 3.05) is 12.4 Å². The van der Waals surface area contributed by atoms with E-state index in [0.717, 1.165) is 16.7 Å². The SMILES string of the molecule is CNc1cc(Cl)c2[nH]cnc2c1. The van der Waals surface area contributed by atoms with Crippen molar-refractivity contribution in [2.45, 2.75) is 0 Å². The molecule has 1 aromatic heterocycles. The predicted octanol–water partition coefficient (Wildman–Crippen LogP) is 2.26. The Morgan fingerprint density at radius 1 is 1.50 bits per heavy atom. The first-order valence-electron chi connectivity index (χ1n) is 3.61. The number of H-pyrrole nitrogens is 1. The van der Waals surface area contributed by atoms with Crippen LogP contribution in [0.2, 0.25) is 5.02 Å². The molecular formula is C8H8ClN3. The number of anilines is 1. The van der Waals surface area contributed by atoms with Crippen molar-refractivity contribution in [2.24, 2.45) is 0 Å². The lowest BCUT2D eigenvalue weighted by atomic mass is 10.3. The fourth-order valence-electron chi connectivity index (χ4n) is 1.15. The van der Waals surface area contributed by atoms with Crippen LogP contribution in [0.3, 0.4) is 0 Å². The first kappa shape index (κ1) is 7.43. The quantitative estimate of drug-likeness (QED) is 0.709. The molecule has 2 N–H and O–H groups in total. The fourth-order valence-corrected chi connectivity index (χ4v) is 1.42. The lowest BCUT2D eigenvalue weighted by molar-refractivity contribution is 1.34. The summed E-state index contributed by atoms with van der Waals surface area (Å²) in [7, 11) is 1.85. The monoisotopic (exact) mass is 181 g/mol. The van der Waals surface area contributed by atoms with E-state index in [4.69, 9.17) is 11.6 Å². The number of nitrogens with zero attached hydrogens (tertiary/aromatic N) is 1. The highest BCUT2D eigenvalue weighted by atomic mass is 35.5. The maximum absolute atomic E-state index is 5.97. The standard InChI is InChI=1S/C8H8ClN3/c1-10-5-2-6(9)8-7(3-5)11-4-12-8/h2-4,10H,1H3,(H,11,12). The number of nitrogens with one attached hydrogen (secondary N) is 2. The van der Waals surface area contributed by atoms with E-state index in [0.29, 0.717) is 5.02 Å². The van der Waals surface area contributed by atoms with Crippen molar-refractivity contribution in [3.8, 4) is 0 Å². The fraction of sp³-hybridized carbons (Fsp3) is 0.125. The molecule has 1 aromatic carbocycles. The Labute approximate surface area is 74.8 Å². The highest BCUT2D eigenvalue weighted by Gasteiger charge is 2.02. The first-order valence-corrected chi connectivity index (χ1v) is 3.99. The lowest BCUT2D eigenvalue weighted by Crippen LogP contribution is -1.87. The van der Waals surface area contributed by atoms with Gasteiger partial charge in [0.15, 0.2) is 0 Å². The van der Waals surface area contributed by atoms with Crippen molar-refractivity contribution < 1.29 is 0 Å². The maximum atomic E-state index is 5.97. The minimum atomic E-state index is 0.689. The summed E-state index contributed by atoms with van der Waals surface area (Å²) in [5, 5.41) is 3.70. The summed E-state index contributed by atoms with van der Waals surface area (Å²) in [6, 6.07) is 3.81. The third-order valence-electron chi connectivity index (χ3n) is 1.77. The van der Waals surface area contributed by atoms with Gasteiger partial charge in [-0.15, -0.1) is 0 Å². The zero-order valence-electron chi connectivity index (χ0n) is 6.56. The summed E-state index contributed by atoms with van der Waals surface area (Å²) < 4.78 is 0. The Morgan fingerprint density at radius 2 is 2.33 bits per heavy atom. The van der Waals surface area contributed by atoms with Gasteiger partial charge in [-0.1, -0.05) is 11.6 Å². The molecule has 0 saturated carbocycles. The van der Waals surface area contributed by atoms with Crippen LogP contribution in [0.1, 0.15) is 0 Å². The molecule has 2 aromatic rings. The predicted molar refractivity (Wildman–Crippen MR) is 50.7 cm³/mol. The van der Waals surface area contributed by atoms with Crippen molar-refractivity contribution >= 4 is 28.3 Å². The van der Waals surface area contributed by atoms with Gasteiger partial charge < -0.3 is 10.3 Å². The molecule has 0 fully saturated rings. The number of benzene rings is 1. The molecule has 0 atom stereocenters. The van der Waals surface area contributed by atoms with Gasteiger partial charge in [0.2, 0.25) is 0 Å². The van der Waals surface area contributed by atoms with Crippen LogP contribution in [0.5, 0.6) is 0 Å². The van der Waals surface area contributed by atoms with Crippen LogP contribution in [-0.2, 0) is 0 Å². The second-order valence-electron chi connectivity index (χ2n) is 2.50. The molecule has 62 valence electrons. The number of rotatable bonds is 1. The minimum Gasteiger partial charge on any atom is -0.388 e. The van der Waals surface area contributed by atoms with Crippen LogP contribution in [0.4, 0.5) is 5.69 Å². The molecule has 12 heavy (non-hydrogen) atoms. The number of halogens is 1. The highest BCUT2D eigenvalue weighted by Crippen LogP contribution is 2.24. The van der Waals surface area contributed by atoms with Crippen molar-refractivity contribution in [1.82, 2.24) is 9.97 Å². The van der Waals surface area contributed by atoms with E-state index < -0.39 is 0 Å². The van der Waals surface area contributed by atoms with E-state index in [-0.39, 0.29) is 0 Å². The molecule has 4 heteroatoms. The Morgan fingerprint density at radius 3 is 3.08 bits per heavy atom. The number of imidazole rings is 1. The van der Waals surface area contributed by atoms with Gasteiger partial charge in [0.05, 0.1) is 22.4 Å². The van der Waals surface area contributed by atoms with Gasteiger partial charge in [-0.05, 0) is 12.1 Å². The normalized spacial score (nSPS) is 10.5. The molecule has 0 unspecified atom stereocenters. The molecule has 3 nitrogen and oxygen atoms in total. The highest BCUT2D eigenvalue weighted by molar-refractivity contribution is 6.35. The van der Waals surface area contributed by atoms with Gasteiger partial charge in [-0.25, -0.2) is 4.98 Å². The molecule has 1 heterocycles. The summed E-state index contributed by atoms with van der Waals surface area (Å²) in [6.07, 6.45) is 1.63. The second kappa shape index (κ2) is 2.68. The number of hydrogen-bond donors (Lipinski definition) is 2. The molecule has 0 saturated heterocycles. The van der Waals surface area contributed by atoms with Crippen LogP contribution in [0, 0.1) is 0 Å². The molecule has 0 bridgehead atoms. The molecule has 0 amide bonds. The lowest BCUT2D eigenvalue weighted by Gasteiger charge is -2.00. The average Bonchev–Trinajstić information content (AvgIpc) is 2.52. The van der Waals surface area contributed by atoms with Gasteiger partial charge in [0, 0.05) is 12.7 Å². The maximum Gasteiger partial charge on any atom is 0.0932 e. The number of hydrogen-bond acceptors (Lipinski definition) is 2. The van der Waals surface area contributed by atoms with Crippen molar-refractivity contribution in [1.29, 1.82) is 0 Å². The van der Waals surface area contributed by atoms with E-state index in [2.05, 4.69) is 15.3 Å². The zero-order valence-corrected chi connectivity index (χ0v) is 7.31. The smallest absolute Gasteiger partial charge is 0.0932 e. The van der Waals surface area contributed by atoms with Crippen LogP contribution >= 0.6 is 11.6 Å². The first-order chi connectivity index (χ1) is 5.81. The zero-order chi connectivity index (χ0) is 8.55. The Bertz CT molecular complexity index is 408. The molecule has 2 rings (SSSR count). The largest absolute Gasteiger partial charge is 0.388 e. The van der Waals surface area contributed by atoms with Crippen LogP contribution < -0.4 is 5.32 Å². The third-order valence-corrected chi connectivity index (χ3v) is 2.07. The summed E-state index contributed by atoms with van der Waals surface area (Å²) >= 11 is 5.97. The van der Waals surface area contributed by atoms with Crippen LogP contribution in [-0.4, -0.2) is 17.0 Å². The Hall–Kier alpha value is -1.22. The van der Waals surface area contributed by atoms with Crippen molar-refractivity contribution in [3.63, 3.8) is 0 Å². The Balaban J connectivity index is 2.75. The van der Waals surface area contributed by atoms with Crippen LogP contribution in [0.15, 0.2) is 18.5 Å². The number of aromatic amines is 1. The van der Waals surface area contributed by atoms with Gasteiger partial charge in [0.1, 0.15) is 0 Å². The van der Waals surface area contributed by atoms with E-state index >= 15 is 0 Å². The van der Waals surface area contributed by atoms with Gasteiger partial charge in [-0.3, -0.25) is 0 Å². The summed E-state index contributed by atoms with van der Waals surface area (Å²) in [5.41, 5.74) is 2.74. The number of fused-ring (bicyclic) bond motifs is 1. The molecule has 0 aliphatic heterocycles. The van der Waals surface area contributed by atoms with Crippen molar-refractivity contribution in [3.05, 3.63) is 23.5 Å². The molecule has 0 radical (unpaired) electrons. The Kier molecular flexibility index (Phi) is 1.66. The topological polar surface area (TPSA) is 40.7 Å². The average molecular weight is 182 g/mol. The van der Waals surface area contributed by atoms with Crippen LogP contribution in [0.25, 0.3) is 11.0 Å². The van der Waals surface area contributed by atoms with E-state index in [1.165, 1.54) is 0 Å². The second-order valence-corrected chi connectivity index (χ2v) is 2.91. The molecule has 0 spiro atoms. The van der Waals surface area contributed by atoms with E-state index in [1.54, 1.807) is 6.33 Å². The minimum absolute atomic E-state index is 0.689. The third kappa shape index (κ3) is 1.02. The van der Waals surface area contributed by atoms with E-state index in [9.17, 15) is 0 Å². The molecule has 0 aliphatic carbocycles. The molecular weight excluding hydrogens is 174 g/mol. The summed E-state index contributed by atoms with van der Waals surface area (Å²) in [5.74, 6) is 0. The summed E-state index contributed by atoms with van der Waals surface area (Å²) in [6.45, 7) is 0. The van der Waals surface area contributed by atoms with Gasteiger partial charge >= 0.3 is 0 Å². The van der Waals surface area contributed by atoms with Gasteiger partial charge in [0.25, 0.3) is 0 Å². The number of aromatic nitrogens is 2.